The molecule has 106 valence electrons. The lowest BCUT2D eigenvalue weighted by Gasteiger charge is -2.15. The average molecular weight is 279 g/mol. The van der Waals surface area contributed by atoms with Gasteiger partial charge in [0.05, 0.1) is 25.6 Å². The zero-order valence-corrected chi connectivity index (χ0v) is 10.5. The van der Waals surface area contributed by atoms with Gasteiger partial charge < -0.3 is 14.2 Å². The Morgan fingerprint density at radius 2 is 2.05 bits per heavy atom. The normalized spacial score (nSPS) is 11.1. The molecule has 0 fully saturated rings. The summed E-state index contributed by atoms with van der Waals surface area (Å²) in [7, 11) is 1.13. The van der Waals surface area contributed by atoms with Crippen LogP contribution in [-0.2, 0) is 4.74 Å². The van der Waals surface area contributed by atoms with Crippen LogP contribution >= 0.6 is 0 Å². The maximum atomic E-state index is 12.2. The van der Waals surface area contributed by atoms with Gasteiger partial charge in [0.25, 0.3) is 0 Å². The molecular formula is C11H12F3NO4. The van der Waals surface area contributed by atoms with Crippen molar-refractivity contribution in [2.45, 2.75) is 20.2 Å². The zero-order chi connectivity index (χ0) is 14.6. The fourth-order valence-corrected chi connectivity index (χ4v) is 1.41. The van der Waals surface area contributed by atoms with Gasteiger partial charge in [-0.25, -0.2) is 4.79 Å². The molecule has 0 bridgehead atoms. The predicted octanol–water partition coefficient (Wildman–Crippen LogP) is 2.47. The third-order valence-corrected chi connectivity index (χ3v) is 2.10. The predicted molar refractivity (Wildman–Crippen MR) is 58.2 cm³/mol. The van der Waals surface area contributed by atoms with Crippen molar-refractivity contribution >= 4 is 5.97 Å². The Bertz CT molecular complexity index is 474. The smallest absolute Gasteiger partial charge is 0.492 e. The summed E-state index contributed by atoms with van der Waals surface area (Å²) < 4.78 is 49.9. The van der Waals surface area contributed by atoms with Crippen molar-refractivity contribution in [1.29, 1.82) is 0 Å². The SMILES string of the molecule is CCOC(=O)c1c(C)ncc(OC(F)(F)F)c1OC. The van der Waals surface area contributed by atoms with Gasteiger partial charge >= 0.3 is 12.3 Å². The number of esters is 1. The van der Waals surface area contributed by atoms with Crippen LogP contribution in [0.4, 0.5) is 13.2 Å². The Labute approximate surface area is 107 Å². The number of ether oxygens (including phenoxy) is 3. The standard InChI is InChI=1S/C11H12F3NO4/c1-4-18-10(16)8-6(2)15-5-7(9(8)17-3)19-11(12,13)14/h5H,4H2,1-3H3. The number of aromatic nitrogens is 1. The van der Waals surface area contributed by atoms with Gasteiger partial charge in [-0.05, 0) is 13.8 Å². The van der Waals surface area contributed by atoms with Gasteiger partial charge in [-0.15, -0.1) is 13.2 Å². The number of hydrogen-bond donors (Lipinski definition) is 0. The molecule has 0 amide bonds. The Morgan fingerprint density at radius 1 is 1.42 bits per heavy atom. The van der Waals surface area contributed by atoms with Gasteiger partial charge in [-0.3, -0.25) is 4.98 Å². The number of rotatable bonds is 4. The van der Waals surface area contributed by atoms with E-state index in [2.05, 4.69) is 9.72 Å². The topological polar surface area (TPSA) is 57.7 Å². The van der Waals surface area contributed by atoms with Crippen molar-refractivity contribution in [2.24, 2.45) is 0 Å². The lowest BCUT2D eigenvalue weighted by atomic mass is 10.2. The van der Waals surface area contributed by atoms with Crippen LogP contribution in [-0.4, -0.2) is 31.0 Å². The average Bonchev–Trinajstić information content (AvgIpc) is 2.29. The van der Waals surface area contributed by atoms with E-state index in [9.17, 15) is 18.0 Å². The third kappa shape index (κ3) is 3.73. The summed E-state index contributed by atoms with van der Waals surface area (Å²) >= 11 is 0. The van der Waals surface area contributed by atoms with Crippen LogP contribution in [0.15, 0.2) is 6.20 Å². The molecule has 0 radical (unpaired) electrons. The van der Waals surface area contributed by atoms with Gasteiger partial charge in [0, 0.05) is 0 Å². The number of methoxy groups -OCH3 is 1. The highest BCUT2D eigenvalue weighted by atomic mass is 19.4. The lowest BCUT2D eigenvalue weighted by Crippen LogP contribution is -2.19. The molecule has 0 N–H and O–H groups in total. The largest absolute Gasteiger partial charge is 0.573 e. The summed E-state index contributed by atoms with van der Waals surface area (Å²) in [6.45, 7) is 3.10. The van der Waals surface area contributed by atoms with Crippen LogP contribution in [0.5, 0.6) is 11.5 Å². The molecule has 1 aromatic heterocycles. The molecule has 8 heteroatoms. The summed E-state index contributed by atoms with van der Waals surface area (Å²) in [4.78, 5) is 15.4. The second kappa shape index (κ2) is 5.77. The summed E-state index contributed by atoms with van der Waals surface area (Å²) in [5.41, 5.74) is -0.00377. The molecule has 1 aromatic rings. The van der Waals surface area contributed by atoms with Crippen LogP contribution in [0.3, 0.4) is 0 Å². The minimum atomic E-state index is -4.91. The second-order valence-electron chi connectivity index (χ2n) is 3.38. The van der Waals surface area contributed by atoms with Gasteiger partial charge in [-0.1, -0.05) is 0 Å². The highest BCUT2D eigenvalue weighted by molar-refractivity contribution is 5.94. The number of nitrogens with zero attached hydrogens (tertiary/aromatic N) is 1. The number of aryl methyl sites for hydroxylation is 1. The van der Waals surface area contributed by atoms with Gasteiger partial charge in [-0.2, -0.15) is 0 Å². The van der Waals surface area contributed by atoms with E-state index in [1.807, 2.05) is 0 Å². The number of alkyl halides is 3. The molecule has 0 unspecified atom stereocenters. The molecule has 1 rings (SSSR count). The number of hydrogen-bond acceptors (Lipinski definition) is 5. The Hall–Kier alpha value is -1.99. The Morgan fingerprint density at radius 3 is 2.53 bits per heavy atom. The quantitative estimate of drug-likeness (QED) is 0.792. The molecule has 0 aliphatic carbocycles. The van der Waals surface area contributed by atoms with Crippen LogP contribution in [0.25, 0.3) is 0 Å². The Kier molecular flexibility index (Phi) is 4.57. The fraction of sp³-hybridized carbons (Fsp3) is 0.455. The molecule has 19 heavy (non-hydrogen) atoms. The number of carbonyl (C=O) groups excluding carboxylic acids is 1. The first-order chi connectivity index (χ1) is 8.80. The molecule has 1 heterocycles. The molecule has 0 saturated carbocycles. The first kappa shape index (κ1) is 15.1. The van der Waals surface area contributed by atoms with Crippen molar-refractivity contribution in [3.63, 3.8) is 0 Å². The maximum Gasteiger partial charge on any atom is 0.573 e. The van der Waals surface area contributed by atoms with E-state index in [4.69, 9.17) is 9.47 Å². The maximum absolute atomic E-state index is 12.2. The first-order valence-corrected chi connectivity index (χ1v) is 5.26. The highest BCUT2D eigenvalue weighted by Crippen LogP contribution is 2.35. The monoisotopic (exact) mass is 279 g/mol. The minimum absolute atomic E-state index is 0.0752. The molecule has 5 nitrogen and oxygen atoms in total. The molecule has 0 saturated heterocycles. The summed E-state index contributed by atoms with van der Waals surface area (Å²) in [6.07, 6.45) is -4.07. The number of carbonyl (C=O) groups is 1. The van der Waals surface area contributed by atoms with Crippen molar-refractivity contribution in [1.82, 2.24) is 4.98 Å². The summed E-state index contributed by atoms with van der Waals surface area (Å²) in [6, 6.07) is 0. The van der Waals surface area contributed by atoms with Crippen molar-refractivity contribution in [3.05, 3.63) is 17.5 Å². The summed E-state index contributed by atoms with van der Waals surface area (Å²) in [5, 5.41) is 0. The molecule has 0 aromatic carbocycles. The number of pyridine rings is 1. The Balaban J connectivity index is 3.29. The van der Waals surface area contributed by atoms with E-state index >= 15 is 0 Å². The lowest BCUT2D eigenvalue weighted by molar-refractivity contribution is -0.275. The first-order valence-electron chi connectivity index (χ1n) is 5.26. The van der Waals surface area contributed by atoms with Crippen molar-refractivity contribution in [2.75, 3.05) is 13.7 Å². The van der Waals surface area contributed by atoms with E-state index in [0.717, 1.165) is 13.3 Å². The van der Waals surface area contributed by atoms with E-state index in [1.165, 1.54) is 6.92 Å². The van der Waals surface area contributed by atoms with E-state index in [0.29, 0.717) is 0 Å². The molecule has 0 atom stereocenters. The molecule has 0 spiro atoms. The second-order valence-corrected chi connectivity index (χ2v) is 3.38. The van der Waals surface area contributed by atoms with Crippen LogP contribution in [0.2, 0.25) is 0 Å². The molecule has 0 aliphatic rings. The summed E-state index contributed by atoms with van der Waals surface area (Å²) in [5.74, 6) is -1.87. The van der Waals surface area contributed by atoms with Crippen LogP contribution < -0.4 is 9.47 Å². The van der Waals surface area contributed by atoms with Gasteiger partial charge in [0.1, 0.15) is 5.56 Å². The van der Waals surface area contributed by atoms with Crippen molar-refractivity contribution in [3.8, 4) is 11.5 Å². The van der Waals surface area contributed by atoms with E-state index in [1.54, 1.807) is 6.92 Å². The van der Waals surface area contributed by atoms with E-state index in [-0.39, 0.29) is 23.6 Å². The highest BCUT2D eigenvalue weighted by Gasteiger charge is 2.34. The fourth-order valence-electron chi connectivity index (χ4n) is 1.41. The van der Waals surface area contributed by atoms with Gasteiger partial charge in [0.15, 0.2) is 11.5 Å². The minimum Gasteiger partial charge on any atom is -0.492 e. The van der Waals surface area contributed by atoms with Crippen LogP contribution in [0.1, 0.15) is 23.0 Å². The molecule has 0 aliphatic heterocycles. The molecular weight excluding hydrogens is 267 g/mol. The third-order valence-electron chi connectivity index (χ3n) is 2.10. The number of halogens is 3. The van der Waals surface area contributed by atoms with Gasteiger partial charge in [0.2, 0.25) is 0 Å². The van der Waals surface area contributed by atoms with Crippen molar-refractivity contribution < 1.29 is 32.2 Å². The van der Waals surface area contributed by atoms with Crippen LogP contribution in [0, 0.1) is 6.92 Å². The van der Waals surface area contributed by atoms with E-state index < -0.39 is 18.1 Å². The zero-order valence-electron chi connectivity index (χ0n) is 10.5.